The molecule has 7 heteroatoms. The topological polar surface area (TPSA) is 65.3 Å². The second-order valence-electron chi connectivity index (χ2n) is 8.41. The fraction of sp³-hybridized carbons (Fsp3) is 0.737. The van der Waals surface area contributed by atoms with Crippen LogP contribution in [0.15, 0.2) is 12.5 Å². The van der Waals surface area contributed by atoms with Crippen LogP contribution in [0.2, 0.25) is 0 Å². The number of hydrogen-bond donors (Lipinski definition) is 0. The largest absolute Gasteiger partial charge is 0.381 e. The maximum Gasteiger partial charge on any atom is 0.163 e. The summed E-state index contributed by atoms with van der Waals surface area (Å²) in [7, 11) is 0. The van der Waals surface area contributed by atoms with Gasteiger partial charge in [0, 0.05) is 25.6 Å². The van der Waals surface area contributed by atoms with Gasteiger partial charge >= 0.3 is 0 Å². The first-order valence-electron chi connectivity index (χ1n) is 9.66. The second kappa shape index (κ2) is 7.12. The van der Waals surface area contributed by atoms with Crippen molar-refractivity contribution >= 4 is 16.9 Å². The second-order valence-corrected chi connectivity index (χ2v) is 8.41. The molecule has 4 heterocycles. The highest BCUT2D eigenvalue weighted by Gasteiger charge is 2.26. The Balaban J connectivity index is 1.42. The minimum atomic E-state index is -0.0990. The molecular weight excluding hydrogens is 330 g/mol. The van der Waals surface area contributed by atoms with Crippen molar-refractivity contribution in [3.05, 3.63) is 12.5 Å². The average molecular weight is 359 g/mol. The smallest absolute Gasteiger partial charge is 0.163 e. The lowest BCUT2D eigenvalue weighted by Crippen LogP contribution is -2.38. The lowest BCUT2D eigenvalue weighted by Gasteiger charge is -2.33. The van der Waals surface area contributed by atoms with Gasteiger partial charge in [-0.2, -0.15) is 5.10 Å². The molecule has 0 radical (unpaired) electrons. The molecule has 0 amide bonds. The summed E-state index contributed by atoms with van der Waals surface area (Å²) in [6.45, 7) is 10.9. The Bertz CT molecular complexity index is 740. The maximum absolute atomic E-state index is 6.13. The third kappa shape index (κ3) is 3.55. The molecule has 2 aliphatic heterocycles. The van der Waals surface area contributed by atoms with E-state index in [9.17, 15) is 0 Å². The summed E-state index contributed by atoms with van der Waals surface area (Å²) < 4.78 is 13.5. The fourth-order valence-electron chi connectivity index (χ4n) is 3.80. The van der Waals surface area contributed by atoms with Gasteiger partial charge in [-0.1, -0.05) is 0 Å². The summed E-state index contributed by atoms with van der Waals surface area (Å²) in [6, 6.07) is 0. The van der Waals surface area contributed by atoms with E-state index in [0.717, 1.165) is 69.0 Å². The minimum Gasteiger partial charge on any atom is -0.381 e. The number of ether oxygens (including phenoxy) is 2. The summed E-state index contributed by atoms with van der Waals surface area (Å²) in [4.78, 5) is 11.4. The predicted octanol–water partition coefficient (Wildman–Crippen LogP) is 2.60. The third-order valence-electron chi connectivity index (χ3n) is 5.31. The van der Waals surface area contributed by atoms with Crippen LogP contribution in [-0.2, 0) is 15.0 Å². The van der Waals surface area contributed by atoms with Gasteiger partial charge in [-0.25, -0.2) is 14.6 Å². The van der Waals surface area contributed by atoms with E-state index in [-0.39, 0.29) is 5.54 Å². The molecule has 4 rings (SSSR count). The molecule has 0 aromatic carbocycles. The molecule has 0 saturated carbocycles. The Morgan fingerprint density at radius 1 is 1.19 bits per heavy atom. The number of piperidine rings is 1. The Labute approximate surface area is 154 Å². The van der Waals surface area contributed by atoms with Crippen LogP contribution >= 0.6 is 0 Å². The number of rotatable bonds is 4. The van der Waals surface area contributed by atoms with Crippen molar-refractivity contribution in [1.29, 1.82) is 0 Å². The Kier molecular flexibility index (Phi) is 4.84. The average Bonchev–Trinajstić information content (AvgIpc) is 3.29. The summed E-state index contributed by atoms with van der Waals surface area (Å²) in [5.41, 5.74) is 0.806. The minimum absolute atomic E-state index is 0.0990. The molecule has 2 aliphatic rings. The summed E-state index contributed by atoms with van der Waals surface area (Å²) in [5.74, 6) is 1.57. The molecule has 1 unspecified atom stereocenters. The Morgan fingerprint density at radius 2 is 2.00 bits per heavy atom. The fourth-order valence-corrected chi connectivity index (χ4v) is 3.80. The Morgan fingerprint density at radius 3 is 2.69 bits per heavy atom. The quantitative estimate of drug-likeness (QED) is 0.836. The lowest BCUT2D eigenvalue weighted by molar-refractivity contribution is 0.0131. The van der Waals surface area contributed by atoms with Crippen LogP contribution in [0.1, 0.15) is 40.0 Å². The highest BCUT2D eigenvalue weighted by atomic mass is 16.5. The van der Waals surface area contributed by atoms with E-state index in [1.807, 2.05) is 10.9 Å². The van der Waals surface area contributed by atoms with Crippen LogP contribution in [-0.4, -0.2) is 58.8 Å². The zero-order valence-corrected chi connectivity index (χ0v) is 16.0. The number of hydrogen-bond acceptors (Lipinski definition) is 6. The molecule has 2 fully saturated rings. The highest BCUT2D eigenvalue weighted by Crippen LogP contribution is 2.29. The van der Waals surface area contributed by atoms with E-state index in [1.165, 1.54) is 0 Å². The van der Waals surface area contributed by atoms with Crippen molar-refractivity contribution < 1.29 is 9.47 Å². The van der Waals surface area contributed by atoms with Gasteiger partial charge in [0.2, 0.25) is 0 Å². The lowest BCUT2D eigenvalue weighted by atomic mass is 10.1. The molecule has 26 heavy (non-hydrogen) atoms. The molecule has 7 nitrogen and oxygen atoms in total. The Hall–Kier alpha value is -1.73. The van der Waals surface area contributed by atoms with Gasteiger partial charge in [-0.3, -0.25) is 0 Å². The van der Waals surface area contributed by atoms with Crippen LogP contribution in [0.3, 0.4) is 0 Å². The van der Waals surface area contributed by atoms with Crippen molar-refractivity contribution in [3.63, 3.8) is 0 Å². The van der Waals surface area contributed by atoms with Crippen LogP contribution in [0.25, 0.3) is 11.0 Å². The first-order chi connectivity index (χ1) is 12.5. The molecule has 0 aliphatic carbocycles. The van der Waals surface area contributed by atoms with Gasteiger partial charge in [-0.05, 0) is 40.0 Å². The van der Waals surface area contributed by atoms with E-state index < -0.39 is 0 Å². The zero-order chi connectivity index (χ0) is 18.1. The van der Waals surface area contributed by atoms with E-state index in [4.69, 9.17) is 9.47 Å². The SMILES string of the molecule is CC(C)(C)n1ncc2c(N3CCC(OCC4CCOC4)CC3)ncnc21. The summed E-state index contributed by atoms with van der Waals surface area (Å²) >= 11 is 0. The molecule has 2 aromatic rings. The van der Waals surface area contributed by atoms with Gasteiger partial charge < -0.3 is 14.4 Å². The number of fused-ring (bicyclic) bond motifs is 1. The number of anilines is 1. The summed E-state index contributed by atoms with van der Waals surface area (Å²) in [5, 5.41) is 5.59. The first kappa shape index (κ1) is 17.7. The molecule has 142 valence electrons. The molecule has 0 N–H and O–H groups in total. The van der Waals surface area contributed by atoms with E-state index in [2.05, 4.69) is 40.7 Å². The normalized spacial score (nSPS) is 22.4. The van der Waals surface area contributed by atoms with Gasteiger partial charge in [-0.15, -0.1) is 0 Å². The molecule has 2 aromatic heterocycles. The standard InChI is InChI=1S/C19H29N5O2/c1-19(2,3)24-18-16(10-22-24)17(20-13-21-18)23-7-4-15(5-8-23)26-12-14-6-9-25-11-14/h10,13-15H,4-9,11-12H2,1-3H3. The van der Waals surface area contributed by atoms with E-state index in [0.29, 0.717) is 12.0 Å². The zero-order valence-electron chi connectivity index (χ0n) is 16.0. The van der Waals surface area contributed by atoms with Gasteiger partial charge in [0.25, 0.3) is 0 Å². The number of nitrogens with zero attached hydrogens (tertiary/aromatic N) is 5. The van der Waals surface area contributed by atoms with E-state index >= 15 is 0 Å². The molecule has 0 spiro atoms. The van der Waals surface area contributed by atoms with Crippen molar-refractivity contribution in [1.82, 2.24) is 19.7 Å². The first-order valence-corrected chi connectivity index (χ1v) is 9.66. The van der Waals surface area contributed by atoms with Crippen molar-refractivity contribution in [3.8, 4) is 0 Å². The van der Waals surface area contributed by atoms with Crippen LogP contribution in [0, 0.1) is 5.92 Å². The molecule has 1 atom stereocenters. The number of aromatic nitrogens is 4. The maximum atomic E-state index is 6.13. The van der Waals surface area contributed by atoms with Crippen molar-refractivity contribution in [2.75, 3.05) is 37.8 Å². The third-order valence-corrected chi connectivity index (χ3v) is 5.31. The van der Waals surface area contributed by atoms with E-state index in [1.54, 1.807) is 6.33 Å². The van der Waals surface area contributed by atoms with Gasteiger partial charge in [0.05, 0.1) is 36.4 Å². The van der Waals surface area contributed by atoms with Crippen LogP contribution < -0.4 is 4.90 Å². The predicted molar refractivity (Wildman–Crippen MR) is 100 cm³/mol. The van der Waals surface area contributed by atoms with Crippen molar-refractivity contribution in [2.24, 2.45) is 5.92 Å². The van der Waals surface area contributed by atoms with Gasteiger partial charge in [0.15, 0.2) is 5.65 Å². The van der Waals surface area contributed by atoms with Crippen molar-refractivity contribution in [2.45, 2.75) is 51.7 Å². The van der Waals surface area contributed by atoms with Gasteiger partial charge in [0.1, 0.15) is 12.1 Å². The monoisotopic (exact) mass is 359 g/mol. The molecular formula is C19H29N5O2. The highest BCUT2D eigenvalue weighted by molar-refractivity contribution is 5.86. The summed E-state index contributed by atoms with van der Waals surface area (Å²) in [6.07, 6.45) is 7.11. The van der Waals surface area contributed by atoms with Crippen LogP contribution in [0.4, 0.5) is 5.82 Å². The molecule has 2 saturated heterocycles. The molecule has 0 bridgehead atoms. The van der Waals surface area contributed by atoms with Crippen LogP contribution in [0.5, 0.6) is 0 Å².